The zero-order valence-corrected chi connectivity index (χ0v) is 16.0. The molecule has 1 N–H and O–H groups in total. The summed E-state index contributed by atoms with van der Waals surface area (Å²) in [4.78, 5) is 4.38. The zero-order valence-electron chi connectivity index (χ0n) is 15.2. The molecule has 0 aliphatic heterocycles. The van der Waals surface area contributed by atoms with Crippen molar-refractivity contribution in [2.45, 2.75) is 77.6 Å². The van der Waals surface area contributed by atoms with Crippen LogP contribution in [0.15, 0.2) is 24.3 Å². The third-order valence-corrected chi connectivity index (χ3v) is 5.44. The molecule has 1 aromatic heterocycles. The van der Waals surface area contributed by atoms with Crippen molar-refractivity contribution in [2.75, 3.05) is 0 Å². The smallest absolute Gasteiger partial charge is 0.269 e. The molecule has 0 unspecified atom stereocenters. The standard InChI is InChI=1S/C19H30N2O3S/c1-2-3-4-5-6-7-8-9-10-11-16-19-20-17-14-12-13-15-18(17)21(19)25(22,23)24/h12-15H,2-11,16H2,1H3,(H,22,23,24). The molecule has 2 rings (SSSR count). The van der Waals surface area contributed by atoms with E-state index >= 15 is 0 Å². The zero-order chi connectivity index (χ0) is 18.1. The van der Waals surface area contributed by atoms with Crippen LogP contribution >= 0.6 is 0 Å². The van der Waals surface area contributed by atoms with E-state index in [0.29, 0.717) is 23.3 Å². The van der Waals surface area contributed by atoms with Crippen molar-refractivity contribution in [3.63, 3.8) is 0 Å². The highest BCUT2D eigenvalue weighted by atomic mass is 32.2. The summed E-state index contributed by atoms with van der Waals surface area (Å²) in [7, 11) is -4.33. The lowest BCUT2D eigenvalue weighted by Gasteiger charge is -2.05. The molecule has 0 atom stereocenters. The highest BCUT2D eigenvalue weighted by Crippen LogP contribution is 2.20. The first-order valence-electron chi connectivity index (χ1n) is 9.48. The van der Waals surface area contributed by atoms with Crippen LogP contribution in [0.4, 0.5) is 0 Å². The summed E-state index contributed by atoms with van der Waals surface area (Å²) in [6, 6.07) is 6.99. The fourth-order valence-corrected chi connectivity index (χ4v) is 4.04. The lowest BCUT2D eigenvalue weighted by Crippen LogP contribution is -2.14. The molecule has 0 bridgehead atoms. The van der Waals surface area contributed by atoms with E-state index in [1.165, 1.54) is 51.4 Å². The third kappa shape index (κ3) is 6.12. The Bertz CT molecular complexity index is 753. The van der Waals surface area contributed by atoms with Gasteiger partial charge < -0.3 is 0 Å². The van der Waals surface area contributed by atoms with Gasteiger partial charge in [-0.25, -0.2) is 8.96 Å². The Balaban J connectivity index is 1.78. The van der Waals surface area contributed by atoms with Crippen molar-refractivity contribution in [1.82, 2.24) is 8.96 Å². The number of unbranched alkanes of at least 4 members (excludes halogenated alkanes) is 9. The van der Waals surface area contributed by atoms with Gasteiger partial charge in [0, 0.05) is 6.42 Å². The minimum Gasteiger partial charge on any atom is -0.269 e. The Hall–Kier alpha value is -1.40. The van der Waals surface area contributed by atoms with Gasteiger partial charge in [-0.15, -0.1) is 0 Å². The minimum atomic E-state index is -4.33. The lowest BCUT2D eigenvalue weighted by atomic mass is 10.1. The number of rotatable bonds is 12. The minimum absolute atomic E-state index is 0.420. The molecule has 0 amide bonds. The molecule has 0 radical (unpaired) electrons. The van der Waals surface area contributed by atoms with E-state index in [1.54, 1.807) is 18.2 Å². The van der Waals surface area contributed by atoms with E-state index in [-0.39, 0.29) is 0 Å². The Morgan fingerprint density at radius 3 is 2.08 bits per heavy atom. The lowest BCUT2D eigenvalue weighted by molar-refractivity contribution is 0.471. The average Bonchev–Trinajstić information content (AvgIpc) is 2.95. The fraction of sp³-hybridized carbons (Fsp3) is 0.632. The Morgan fingerprint density at radius 1 is 0.920 bits per heavy atom. The molecule has 6 heteroatoms. The van der Waals surface area contributed by atoms with E-state index in [0.717, 1.165) is 16.8 Å². The van der Waals surface area contributed by atoms with Gasteiger partial charge in [0.15, 0.2) is 0 Å². The van der Waals surface area contributed by atoms with Crippen LogP contribution < -0.4 is 0 Å². The number of nitrogens with zero attached hydrogens (tertiary/aromatic N) is 2. The molecule has 0 spiro atoms. The van der Waals surface area contributed by atoms with E-state index in [4.69, 9.17) is 0 Å². The second-order valence-electron chi connectivity index (χ2n) is 6.69. The van der Waals surface area contributed by atoms with Gasteiger partial charge >= 0.3 is 10.3 Å². The third-order valence-electron chi connectivity index (χ3n) is 4.57. The number of para-hydroxylation sites is 2. The summed E-state index contributed by atoms with van der Waals surface area (Å²) in [6.45, 7) is 2.23. The molecule has 0 saturated heterocycles. The predicted molar refractivity (Wildman–Crippen MR) is 102 cm³/mol. The summed E-state index contributed by atoms with van der Waals surface area (Å²) in [5.74, 6) is 0.420. The first-order chi connectivity index (χ1) is 12.0. The molecule has 0 saturated carbocycles. The predicted octanol–water partition coefficient (Wildman–Crippen LogP) is 5.15. The largest absolute Gasteiger partial charge is 0.365 e. The average molecular weight is 367 g/mol. The molecule has 1 heterocycles. The van der Waals surface area contributed by atoms with Gasteiger partial charge in [0.2, 0.25) is 0 Å². The number of benzene rings is 1. The van der Waals surface area contributed by atoms with Crippen LogP contribution in [0.3, 0.4) is 0 Å². The molecule has 2 aromatic rings. The highest BCUT2D eigenvalue weighted by Gasteiger charge is 2.18. The molecular formula is C19H30N2O3S. The Labute approximate surface area is 151 Å². The van der Waals surface area contributed by atoms with Crippen molar-refractivity contribution in [3.8, 4) is 0 Å². The molecule has 1 aromatic carbocycles. The SMILES string of the molecule is CCCCCCCCCCCCc1nc2ccccc2n1S(=O)(=O)O. The van der Waals surface area contributed by atoms with Gasteiger partial charge in [-0.2, -0.15) is 8.42 Å². The first-order valence-corrected chi connectivity index (χ1v) is 10.9. The van der Waals surface area contributed by atoms with Crippen LogP contribution in [-0.4, -0.2) is 21.9 Å². The maximum Gasteiger partial charge on any atom is 0.365 e. The molecule has 0 fully saturated rings. The molecule has 0 aliphatic carbocycles. The van der Waals surface area contributed by atoms with Gasteiger partial charge in [0.25, 0.3) is 0 Å². The van der Waals surface area contributed by atoms with Crippen LogP contribution in [0.25, 0.3) is 11.0 Å². The van der Waals surface area contributed by atoms with Crippen LogP contribution in [0, 0.1) is 0 Å². The molecule has 5 nitrogen and oxygen atoms in total. The van der Waals surface area contributed by atoms with Gasteiger partial charge in [0.1, 0.15) is 5.82 Å². The van der Waals surface area contributed by atoms with Gasteiger partial charge in [-0.05, 0) is 18.6 Å². The van der Waals surface area contributed by atoms with E-state index in [1.807, 2.05) is 6.07 Å². The number of hydrogen-bond acceptors (Lipinski definition) is 3. The molecule has 25 heavy (non-hydrogen) atoms. The number of fused-ring (bicyclic) bond motifs is 1. The number of aryl methyl sites for hydroxylation is 1. The van der Waals surface area contributed by atoms with Crippen molar-refractivity contribution >= 4 is 21.3 Å². The normalized spacial score (nSPS) is 12.1. The second-order valence-corrected chi connectivity index (χ2v) is 7.95. The Kier molecular flexibility index (Phi) is 7.90. The second kappa shape index (κ2) is 9.92. The fourth-order valence-electron chi connectivity index (χ4n) is 3.24. The quantitative estimate of drug-likeness (QED) is 0.416. The number of aromatic nitrogens is 2. The summed E-state index contributed by atoms with van der Waals surface area (Å²) < 4.78 is 33.9. The van der Waals surface area contributed by atoms with Crippen LogP contribution in [0.1, 0.15) is 77.0 Å². The van der Waals surface area contributed by atoms with Gasteiger partial charge in [-0.3, -0.25) is 4.55 Å². The topological polar surface area (TPSA) is 72.2 Å². The monoisotopic (exact) mass is 366 g/mol. The number of imidazole rings is 1. The van der Waals surface area contributed by atoms with Crippen molar-refractivity contribution in [3.05, 3.63) is 30.1 Å². The van der Waals surface area contributed by atoms with Crippen LogP contribution in [0.2, 0.25) is 0 Å². The van der Waals surface area contributed by atoms with Gasteiger partial charge in [0.05, 0.1) is 11.0 Å². The summed E-state index contributed by atoms with van der Waals surface area (Å²) in [5, 5.41) is 0. The molecular weight excluding hydrogens is 336 g/mol. The first kappa shape index (κ1) is 19.9. The number of hydrogen-bond donors (Lipinski definition) is 1. The van der Waals surface area contributed by atoms with Crippen LogP contribution in [0.5, 0.6) is 0 Å². The van der Waals surface area contributed by atoms with Gasteiger partial charge in [-0.1, -0.05) is 76.8 Å². The molecule has 0 aliphatic rings. The summed E-state index contributed by atoms with van der Waals surface area (Å²) in [5.41, 5.74) is 1.04. The van der Waals surface area contributed by atoms with E-state index in [9.17, 15) is 13.0 Å². The maximum absolute atomic E-state index is 11.7. The van der Waals surface area contributed by atoms with Crippen molar-refractivity contribution in [2.24, 2.45) is 0 Å². The van der Waals surface area contributed by atoms with E-state index in [2.05, 4.69) is 11.9 Å². The summed E-state index contributed by atoms with van der Waals surface area (Å²) >= 11 is 0. The van der Waals surface area contributed by atoms with E-state index < -0.39 is 10.3 Å². The van der Waals surface area contributed by atoms with Crippen LogP contribution in [-0.2, 0) is 16.7 Å². The van der Waals surface area contributed by atoms with Crippen molar-refractivity contribution in [1.29, 1.82) is 0 Å². The Morgan fingerprint density at radius 2 is 1.48 bits per heavy atom. The van der Waals surface area contributed by atoms with Crippen molar-refractivity contribution < 1.29 is 13.0 Å². The highest BCUT2D eigenvalue weighted by molar-refractivity contribution is 7.84. The molecule has 140 valence electrons. The maximum atomic E-state index is 11.7. The summed E-state index contributed by atoms with van der Waals surface area (Å²) in [6.07, 6.45) is 12.8.